The van der Waals surface area contributed by atoms with Crippen LogP contribution in [0.25, 0.3) is 0 Å². The van der Waals surface area contributed by atoms with Crippen LogP contribution in [0.1, 0.15) is 38.5 Å². The van der Waals surface area contributed by atoms with Crippen molar-refractivity contribution in [2.24, 2.45) is 0 Å². The molecule has 1 rings (SSSR count). The number of aliphatic hydroxyl groups is 1. The van der Waals surface area contributed by atoms with Crippen molar-refractivity contribution in [2.75, 3.05) is 14.2 Å². The van der Waals surface area contributed by atoms with E-state index in [2.05, 4.69) is 9.47 Å². The van der Waals surface area contributed by atoms with Gasteiger partial charge in [-0.2, -0.15) is 0 Å². The topological polar surface area (TPSA) is 82.1 Å². The first-order valence-electron chi connectivity index (χ1n) is 6.79. The Bertz CT molecular complexity index is 363. The highest BCUT2D eigenvalue weighted by Gasteiger charge is 2.36. The van der Waals surface area contributed by atoms with Gasteiger partial charge in [0.25, 0.3) is 0 Å². The number of allylic oxidation sites excluding steroid dienone is 2. The lowest BCUT2D eigenvalue weighted by Crippen LogP contribution is -2.43. The monoisotopic (exact) mass is 286 g/mol. The molecule has 0 aromatic rings. The minimum atomic E-state index is -1.70. The first kappa shape index (κ1) is 16.5. The number of esters is 2. The van der Waals surface area contributed by atoms with Gasteiger partial charge >= 0.3 is 11.9 Å². The summed E-state index contributed by atoms with van der Waals surface area (Å²) in [6, 6.07) is 0. The molecule has 1 N–H and O–H groups in total. The zero-order valence-corrected chi connectivity index (χ0v) is 12.0. The molecule has 0 unspecified atom stereocenters. The van der Waals surface area contributed by atoms with Crippen molar-refractivity contribution in [2.45, 2.75) is 50.7 Å². The summed E-state index contributed by atoms with van der Waals surface area (Å²) in [5.41, 5.74) is 0. The zero-order chi connectivity index (χ0) is 15.0. The third-order valence-electron chi connectivity index (χ3n) is 3.19. The molecule has 0 bridgehead atoms. The van der Waals surface area contributed by atoms with Crippen LogP contribution in [0, 0.1) is 0 Å². The van der Waals surface area contributed by atoms with Crippen LogP contribution in [0.2, 0.25) is 0 Å². The number of methoxy groups -OCH3 is 2. The third kappa shape index (κ3) is 4.85. The number of ether oxygens (including phenoxy) is 3. The average Bonchev–Trinajstić information content (AvgIpc) is 2.44. The molecule has 0 amide bonds. The first-order chi connectivity index (χ1) is 9.60. The second kappa shape index (κ2) is 8.58. The number of hydrogen-bond donors (Lipinski definition) is 1. The van der Waals surface area contributed by atoms with Gasteiger partial charge in [-0.15, -0.1) is 0 Å². The smallest absolute Gasteiger partial charge is 0.350 e. The van der Waals surface area contributed by atoms with Crippen molar-refractivity contribution < 1.29 is 28.9 Å². The Morgan fingerprint density at radius 2 is 1.75 bits per heavy atom. The minimum Gasteiger partial charge on any atom is -0.480 e. The van der Waals surface area contributed by atoms with Crippen molar-refractivity contribution in [1.82, 2.24) is 0 Å². The predicted octanol–water partition coefficient (Wildman–Crippen LogP) is 1.32. The van der Waals surface area contributed by atoms with Gasteiger partial charge in [-0.25, -0.2) is 9.59 Å². The van der Waals surface area contributed by atoms with E-state index in [0.717, 1.165) is 32.8 Å². The predicted molar refractivity (Wildman–Crippen MR) is 70.7 cm³/mol. The highest BCUT2D eigenvalue weighted by Crippen LogP contribution is 2.20. The second-order valence-electron chi connectivity index (χ2n) is 4.65. The molecular formula is C14H22O6. The highest BCUT2D eigenvalue weighted by atomic mass is 16.6. The number of hydrogen-bond acceptors (Lipinski definition) is 6. The van der Waals surface area contributed by atoms with Gasteiger partial charge in [-0.05, 0) is 25.3 Å². The fourth-order valence-electron chi connectivity index (χ4n) is 2.03. The summed E-state index contributed by atoms with van der Waals surface area (Å²) in [4.78, 5) is 23.0. The second-order valence-corrected chi connectivity index (χ2v) is 4.65. The van der Waals surface area contributed by atoms with E-state index in [9.17, 15) is 14.7 Å². The van der Waals surface area contributed by atoms with Crippen molar-refractivity contribution in [3.8, 4) is 0 Å². The molecule has 6 heteroatoms. The molecule has 1 aliphatic rings. The Labute approximate surface area is 118 Å². The zero-order valence-electron chi connectivity index (χ0n) is 12.0. The Kier molecular flexibility index (Phi) is 7.08. The summed E-state index contributed by atoms with van der Waals surface area (Å²) < 4.78 is 14.5. The fourth-order valence-corrected chi connectivity index (χ4v) is 2.03. The van der Waals surface area contributed by atoms with Crippen LogP contribution in [0.3, 0.4) is 0 Å². The van der Waals surface area contributed by atoms with E-state index in [1.165, 1.54) is 13.5 Å². The summed E-state index contributed by atoms with van der Waals surface area (Å²) in [5.74, 6) is -1.11. The molecule has 0 radical (unpaired) electrons. The lowest BCUT2D eigenvalue weighted by Gasteiger charge is -2.22. The Balaban J connectivity index is 2.77. The molecule has 0 aliphatic heterocycles. The summed E-state index contributed by atoms with van der Waals surface area (Å²) in [5, 5.41) is 9.81. The maximum Gasteiger partial charge on any atom is 0.350 e. The molecular weight excluding hydrogens is 264 g/mol. The van der Waals surface area contributed by atoms with E-state index in [-0.39, 0.29) is 0 Å². The molecule has 0 aromatic heterocycles. The molecule has 20 heavy (non-hydrogen) atoms. The van der Waals surface area contributed by atoms with Crippen LogP contribution in [0.4, 0.5) is 0 Å². The molecule has 0 aromatic carbocycles. The van der Waals surface area contributed by atoms with Crippen molar-refractivity contribution in [3.63, 3.8) is 0 Å². The molecule has 114 valence electrons. The van der Waals surface area contributed by atoms with Crippen LogP contribution in [0.15, 0.2) is 11.8 Å². The lowest BCUT2D eigenvalue weighted by molar-refractivity contribution is -0.171. The van der Waals surface area contributed by atoms with E-state index in [0.29, 0.717) is 12.2 Å². The number of carbonyl (C=O) groups is 2. The summed E-state index contributed by atoms with van der Waals surface area (Å²) in [6.45, 7) is 0. The van der Waals surface area contributed by atoms with Crippen molar-refractivity contribution >= 4 is 11.9 Å². The van der Waals surface area contributed by atoms with E-state index in [1.54, 1.807) is 0 Å². The molecule has 0 heterocycles. The summed E-state index contributed by atoms with van der Waals surface area (Å²) >= 11 is 0. The number of aliphatic hydroxyl groups excluding tert-OH is 1. The van der Waals surface area contributed by atoms with Crippen LogP contribution >= 0.6 is 0 Å². The van der Waals surface area contributed by atoms with E-state index >= 15 is 0 Å². The molecule has 0 spiro atoms. The lowest BCUT2D eigenvalue weighted by atomic mass is 10.0. The van der Waals surface area contributed by atoms with E-state index in [1.807, 2.05) is 6.08 Å². The fraction of sp³-hybridized carbons (Fsp3) is 0.714. The van der Waals surface area contributed by atoms with Crippen LogP contribution in [-0.4, -0.2) is 43.5 Å². The Hall–Kier alpha value is -1.56. The molecule has 2 atom stereocenters. The summed E-state index contributed by atoms with van der Waals surface area (Å²) in [7, 11) is 2.31. The third-order valence-corrected chi connectivity index (χ3v) is 3.19. The van der Waals surface area contributed by atoms with Crippen LogP contribution in [-0.2, 0) is 23.8 Å². The SMILES string of the molecule is COC(=O)[C@H](O)[C@@H](O/C1=C/CCCCCC1)C(=O)OC. The molecule has 0 fully saturated rings. The standard InChI is InChI=1S/C14H22O6/c1-18-13(16)11(15)12(14(17)19-2)20-10-8-6-4-3-5-7-9-10/h8,11-12,15H,3-7,9H2,1-2H3/b10-8+/t11-,12-/m1/s1. The number of rotatable bonds is 5. The van der Waals surface area contributed by atoms with Crippen LogP contribution in [0.5, 0.6) is 0 Å². The maximum atomic E-state index is 11.7. The number of carbonyl (C=O) groups excluding carboxylic acids is 2. The quantitative estimate of drug-likeness (QED) is 0.767. The highest BCUT2D eigenvalue weighted by molar-refractivity contribution is 5.85. The van der Waals surface area contributed by atoms with Gasteiger partial charge in [0.2, 0.25) is 6.10 Å². The van der Waals surface area contributed by atoms with Crippen LogP contribution < -0.4 is 0 Å². The first-order valence-corrected chi connectivity index (χ1v) is 6.79. The van der Waals surface area contributed by atoms with Crippen molar-refractivity contribution in [1.29, 1.82) is 0 Å². The molecule has 0 saturated heterocycles. The Morgan fingerprint density at radius 1 is 1.10 bits per heavy atom. The molecule has 0 saturated carbocycles. The largest absolute Gasteiger partial charge is 0.480 e. The van der Waals surface area contributed by atoms with Gasteiger partial charge in [0, 0.05) is 6.42 Å². The molecule has 1 aliphatic carbocycles. The maximum absolute atomic E-state index is 11.7. The van der Waals surface area contributed by atoms with Gasteiger partial charge in [0.05, 0.1) is 20.0 Å². The van der Waals surface area contributed by atoms with Crippen molar-refractivity contribution in [3.05, 3.63) is 11.8 Å². The van der Waals surface area contributed by atoms with E-state index in [4.69, 9.17) is 4.74 Å². The van der Waals surface area contributed by atoms with Gasteiger partial charge in [-0.1, -0.05) is 12.8 Å². The average molecular weight is 286 g/mol. The molecule has 6 nitrogen and oxygen atoms in total. The van der Waals surface area contributed by atoms with Gasteiger partial charge in [0.15, 0.2) is 6.10 Å². The normalized spacial score (nSPS) is 21.4. The Morgan fingerprint density at radius 3 is 2.40 bits per heavy atom. The summed E-state index contributed by atoms with van der Waals surface area (Å²) in [6.07, 6.45) is 4.65. The van der Waals surface area contributed by atoms with Gasteiger partial charge in [0.1, 0.15) is 0 Å². The van der Waals surface area contributed by atoms with E-state index < -0.39 is 24.1 Å². The van der Waals surface area contributed by atoms with Gasteiger partial charge < -0.3 is 19.3 Å². The minimum absolute atomic E-state index is 0.614. The van der Waals surface area contributed by atoms with Gasteiger partial charge in [-0.3, -0.25) is 0 Å².